The lowest BCUT2D eigenvalue weighted by molar-refractivity contribution is -0.142. The smallest absolute Gasteiger partial charge is 0.328 e. The highest BCUT2D eigenvalue weighted by atomic mass is 35.5. The van der Waals surface area contributed by atoms with Gasteiger partial charge in [0, 0.05) is 14.1 Å². The van der Waals surface area contributed by atoms with Crippen LogP contribution in [0.3, 0.4) is 0 Å². The van der Waals surface area contributed by atoms with Crippen LogP contribution in [-0.4, -0.2) is 51.8 Å². The molecular weight excluding hydrogens is 332 g/mol. The summed E-state index contributed by atoms with van der Waals surface area (Å²) in [4.78, 5) is 23.4. The van der Waals surface area contributed by atoms with E-state index in [1.807, 2.05) is 0 Å². The molecule has 0 unspecified atom stereocenters. The van der Waals surface area contributed by atoms with Gasteiger partial charge in [0.1, 0.15) is 6.04 Å². The normalized spacial score (nSPS) is 12.8. The van der Waals surface area contributed by atoms with Crippen LogP contribution in [0.25, 0.3) is 0 Å². The number of amides is 1. The van der Waals surface area contributed by atoms with Crippen LogP contribution < -0.4 is 5.32 Å². The van der Waals surface area contributed by atoms with Crippen LogP contribution in [0.1, 0.15) is 17.3 Å². The van der Waals surface area contributed by atoms with Crippen molar-refractivity contribution in [3.05, 3.63) is 28.8 Å². The Morgan fingerprint density at radius 1 is 1.32 bits per heavy atom. The number of hydrogen-bond acceptors (Lipinski definition) is 5. The molecule has 0 aliphatic heterocycles. The Kier molecular flexibility index (Phi) is 5.92. The van der Waals surface area contributed by atoms with Crippen LogP contribution >= 0.6 is 11.6 Å². The molecule has 7 nitrogen and oxygen atoms in total. The van der Waals surface area contributed by atoms with Crippen molar-refractivity contribution in [1.29, 1.82) is 0 Å². The largest absolute Gasteiger partial charge is 0.467 e. The number of benzene rings is 1. The van der Waals surface area contributed by atoms with Crippen molar-refractivity contribution in [2.45, 2.75) is 17.9 Å². The van der Waals surface area contributed by atoms with Gasteiger partial charge in [-0.15, -0.1) is 0 Å². The molecule has 1 aromatic carbocycles. The first-order chi connectivity index (χ1) is 10.1. The highest BCUT2D eigenvalue weighted by Crippen LogP contribution is 2.22. The lowest BCUT2D eigenvalue weighted by Crippen LogP contribution is -2.39. The van der Waals surface area contributed by atoms with Crippen molar-refractivity contribution in [3.8, 4) is 0 Å². The number of nitrogens with one attached hydrogen (secondary N) is 1. The van der Waals surface area contributed by atoms with Gasteiger partial charge in [-0.2, -0.15) is 0 Å². The van der Waals surface area contributed by atoms with Crippen molar-refractivity contribution in [2.75, 3.05) is 21.2 Å². The third-order valence-electron chi connectivity index (χ3n) is 2.86. The molecule has 1 aromatic rings. The maximum absolute atomic E-state index is 12.1. The van der Waals surface area contributed by atoms with E-state index in [-0.39, 0.29) is 15.5 Å². The average Bonchev–Trinajstić information content (AvgIpc) is 2.46. The molecule has 0 fully saturated rings. The van der Waals surface area contributed by atoms with Crippen molar-refractivity contribution in [1.82, 2.24) is 9.62 Å². The predicted octanol–water partition coefficient (Wildman–Crippen LogP) is 0.882. The maximum Gasteiger partial charge on any atom is 0.328 e. The molecule has 0 saturated carbocycles. The van der Waals surface area contributed by atoms with E-state index in [2.05, 4.69) is 10.1 Å². The van der Waals surface area contributed by atoms with E-state index >= 15 is 0 Å². The minimum absolute atomic E-state index is 0.0413. The Balaban J connectivity index is 3.15. The van der Waals surface area contributed by atoms with Gasteiger partial charge in [0.25, 0.3) is 5.91 Å². The zero-order valence-corrected chi connectivity index (χ0v) is 14.2. The molecule has 0 saturated heterocycles. The summed E-state index contributed by atoms with van der Waals surface area (Å²) in [5, 5.41) is 2.47. The summed E-state index contributed by atoms with van der Waals surface area (Å²) in [5.74, 6) is -1.29. The van der Waals surface area contributed by atoms with Crippen molar-refractivity contribution >= 4 is 33.5 Å². The predicted molar refractivity (Wildman–Crippen MR) is 81.3 cm³/mol. The third kappa shape index (κ3) is 3.96. The number of esters is 1. The number of methoxy groups -OCH3 is 1. The molecular formula is C13H17ClN2O5S. The molecule has 0 aliphatic carbocycles. The quantitative estimate of drug-likeness (QED) is 0.797. The average molecular weight is 349 g/mol. The Morgan fingerprint density at radius 3 is 2.41 bits per heavy atom. The van der Waals surface area contributed by atoms with Gasteiger partial charge in [-0.25, -0.2) is 17.5 Å². The monoisotopic (exact) mass is 348 g/mol. The molecule has 0 radical (unpaired) electrons. The SMILES string of the molecule is COC(=O)[C@H](C)NC(=O)c1cc(S(=O)(=O)N(C)C)ccc1Cl. The van der Waals surface area contributed by atoms with Crippen molar-refractivity contribution < 1.29 is 22.7 Å². The Bertz CT molecular complexity index is 688. The summed E-state index contributed by atoms with van der Waals surface area (Å²) < 4.78 is 29.7. The maximum atomic E-state index is 12.1. The van der Waals surface area contributed by atoms with Crippen LogP contribution in [0.5, 0.6) is 0 Å². The van der Waals surface area contributed by atoms with E-state index in [0.717, 1.165) is 10.4 Å². The zero-order valence-electron chi connectivity index (χ0n) is 12.6. The molecule has 1 atom stereocenters. The van der Waals surface area contributed by atoms with Gasteiger partial charge >= 0.3 is 5.97 Å². The highest BCUT2D eigenvalue weighted by Gasteiger charge is 2.23. The lowest BCUT2D eigenvalue weighted by Gasteiger charge is -2.15. The van der Waals surface area contributed by atoms with Gasteiger partial charge in [-0.1, -0.05) is 11.6 Å². The Morgan fingerprint density at radius 2 is 1.91 bits per heavy atom. The van der Waals surface area contributed by atoms with Gasteiger partial charge in [-0.05, 0) is 25.1 Å². The second kappa shape index (κ2) is 7.08. The molecule has 0 aromatic heterocycles. The first kappa shape index (κ1) is 18.4. The second-order valence-electron chi connectivity index (χ2n) is 4.65. The Labute approximate surface area is 134 Å². The van der Waals surface area contributed by atoms with E-state index in [1.165, 1.54) is 40.3 Å². The first-order valence-electron chi connectivity index (χ1n) is 6.22. The third-order valence-corrected chi connectivity index (χ3v) is 5.00. The second-order valence-corrected chi connectivity index (χ2v) is 7.21. The van der Waals surface area contributed by atoms with Crippen LogP contribution in [0.15, 0.2) is 23.1 Å². The van der Waals surface area contributed by atoms with Gasteiger partial charge in [0.15, 0.2) is 0 Å². The molecule has 0 aliphatic rings. The number of halogens is 1. The number of carbonyl (C=O) groups excluding carboxylic acids is 2. The molecule has 122 valence electrons. The van der Waals surface area contributed by atoms with Crippen LogP contribution in [-0.2, 0) is 19.6 Å². The number of hydrogen-bond donors (Lipinski definition) is 1. The molecule has 1 N–H and O–H groups in total. The van der Waals surface area contributed by atoms with E-state index in [9.17, 15) is 18.0 Å². The van der Waals surface area contributed by atoms with Gasteiger partial charge in [0.05, 0.1) is 22.6 Å². The minimum Gasteiger partial charge on any atom is -0.467 e. The fraction of sp³-hybridized carbons (Fsp3) is 0.385. The summed E-state index contributed by atoms with van der Waals surface area (Å²) in [5.41, 5.74) is -0.0413. The standard InChI is InChI=1S/C13H17ClN2O5S/c1-8(13(18)21-4)15-12(17)10-7-9(5-6-11(10)14)22(19,20)16(2)3/h5-8H,1-4H3,(H,15,17)/t8-/m0/s1. The van der Waals surface area contributed by atoms with E-state index in [0.29, 0.717) is 0 Å². The molecule has 1 rings (SSSR count). The molecule has 0 spiro atoms. The number of nitrogens with zero attached hydrogens (tertiary/aromatic N) is 1. The first-order valence-corrected chi connectivity index (χ1v) is 8.03. The highest BCUT2D eigenvalue weighted by molar-refractivity contribution is 7.89. The molecule has 1 amide bonds. The van der Waals surface area contributed by atoms with Crippen LogP contribution in [0.2, 0.25) is 5.02 Å². The van der Waals surface area contributed by atoms with Crippen molar-refractivity contribution in [2.24, 2.45) is 0 Å². The molecule has 22 heavy (non-hydrogen) atoms. The summed E-state index contributed by atoms with van der Waals surface area (Å²) in [6.45, 7) is 1.44. The van der Waals surface area contributed by atoms with Gasteiger partial charge < -0.3 is 10.1 Å². The summed E-state index contributed by atoms with van der Waals surface area (Å²) in [6, 6.07) is 2.90. The summed E-state index contributed by atoms with van der Waals surface area (Å²) >= 11 is 5.93. The lowest BCUT2D eigenvalue weighted by atomic mass is 10.2. The molecule has 9 heteroatoms. The van der Waals surface area contributed by atoms with E-state index in [4.69, 9.17) is 11.6 Å². The van der Waals surface area contributed by atoms with Crippen molar-refractivity contribution in [3.63, 3.8) is 0 Å². The number of rotatable bonds is 5. The fourth-order valence-corrected chi connectivity index (χ4v) is 2.69. The zero-order chi connectivity index (χ0) is 17.1. The van der Waals surface area contributed by atoms with Crippen LogP contribution in [0, 0.1) is 0 Å². The van der Waals surface area contributed by atoms with Gasteiger partial charge in [-0.3, -0.25) is 4.79 Å². The molecule has 0 heterocycles. The number of carbonyl (C=O) groups is 2. The minimum atomic E-state index is -3.70. The van der Waals surface area contributed by atoms with E-state index < -0.39 is 27.9 Å². The Hall–Kier alpha value is -1.64. The number of ether oxygens (including phenoxy) is 1. The fourth-order valence-electron chi connectivity index (χ4n) is 1.56. The van der Waals surface area contributed by atoms with Gasteiger partial charge in [0.2, 0.25) is 10.0 Å². The summed E-state index contributed by atoms with van der Waals surface area (Å²) in [7, 11) is 0.257. The topological polar surface area (TPSA) is 92.8 Å². The van der Waals surface area contributed by atoms with Crippen LogP contribution in [0.4, 0.5) is 0 Å². The van der Waals surface area contributed by atoms with E-state index in [1.54, 1.807) is 0 Å². The number of sulfonamides is 1. The molecule has 0 bridgehead atoms. The summed E-state index contributed by atoms with van der Waals surface area (Å²) in [6.07, 6.45) is 0.